The van der Waals surface area contributed by atoms with E-state index in [1.807, 2.05) is 55.3 Å². The topological polar surface area (TPSA) is 70.1 Å². The quantitative estimate of drug-likeness (QED) is 0.513. The highest BCUT2D eigenvalue weighted by Gasteiger charge is 2.79. The van der Waals surface area contributed by atoms with Crippen molar-refractivity contribution in [2.45, 2.75) is 29.7 Å². The van der Waals surface area contributed by atoms with Crippen LogP contribution in [0.2, 0.25) is 0 Å². The van der Waals surface area contributed by atoms with Gasteiger partial charge in [0.05, 0.1) is 25.0 Å². The fraction of sp³-hybridized carbons (Fsp3) is 0.320. The van der Waals surface area contributed by atoms with Gasteiger partial charge in [-0.05, 0) is 44.3 Å². The van der Waals surface area contributed by atoms with E-state index in [0.717, 1.165) is 16.8 Å². The van der Waals surface area contributed by atoms with E-state index in [-0.39, 0.29) is 24.3 Å². The number of likely N-dealkylation sites (tertiary alicyclic amines) is 1. The van der Waals surface area contributed by atoms with Crippen molar-refractivity contribution in [1.29, 1.82) is 0 Å². The zero-order valence-electron chi connectivity index (χ0n) is 19.0. The normalized spacial score (nSPS) is 28.8. The lowest BCUT2D eigenvalue weighted by atomic mass is 9.73. The van der Waals surface area contributed by atoms with Gasteiger partial charge in [-0.2, -0.15) is 0 Å². The second kappa shape index (κ2) is 7.31. The summed E-state index contributed by atoms with van der Waals surface area (Å²) in [6, 6.07) is 13.3. The molecule has 9 heteroatoms. The standard InChI is InChI=1S/C25H23N3O4S2/c1-15-8-9-19-17(12-15)24(21(29)27(19)3)25(18(14-26(24)2)20-7-5-11-32-20)22(30)28(23(33)34-25)13-16-6-4-10-31-16/h4-12,18H,13-14H2,1-3H3/t18-,24+,25+/m0/s1. The molecule has 2 spiro atoms. The van der Waals surface area contributed by atoms with Crippen LogP contribution in [0.4, 0.5) is 5.69 Å². The number of furan rings is 2. The number of hydrogen-bond acceptors (Lipinski definition) is 7. The van der Waals surface area contributed by atoms with Gasteiger partial charge in [0.25, 0.3) is 5.91 Å². The molecule has 3 atom stereocenters. The summed E-state index contributed by atoms with van der Waals surface area (Å²) in [4.78, 5) is 34.1. The Kier molecular flexibility index (Phi) is 4.65. The van der Waals surface area contributed by atoms with Gasteiger partial charge in [0.15, 0.2) is 5.54 Å². The summed E-state index contributed by atoms with van der Waals surface area (Å²) in [5.41, 5.74) is 1.44. The lowest BCUT2D eigenvalue weighted by Gasteiger charge is -2.41. The largest absolute Gasteiger partial charge is 0.469 e. The molecule has 3 aliphatic heterocycles. The first-order chi connectivity index (χ1) is 16.3. The number of thiocarbonyl (C=S) groups is 1. The Bertz CT molecular complexity index is 1320. The predicted molar refractivity (Wildman–Crippen MR) is 133 cm³/mol. The molecule has 2 amide bonds. The molecular formula is C25H23N3O4S2. The van der Waals surface area contributed by atoms with E-state index in [1.165, 1.54) is 11.8 Å². The van der Waals surface area contributed by atoms with Crippen LogP contribution in [0.25, 0.3) is 0 Å². The minimum Gasteiger partial charge on any atom is -0.469 e. The number of fused-ring (bicyclic) bond motifs is 3. The number of benzene rings is 1. The molecule has 0 N–H and O–H groups in total. The summed E-state index contributed by atoms with van der Waals surface area (Å²) >= 11 is 7.10. The summed E-state index contributed by atoms with van der Waals surface area (Å²) in [5.74, 6) is 0.598. The maximum absolute atomic E-state index is 14.6. The van der Waals surface area contributed by atoms with Gasteiger partial charge in [-0.15, -0.1) is 0 Å². The molecule has 34 heavy (non-hydrogen) atoms. The molecular weight excluding hydrogens is 470 g/mol. The van der Waals surface area contributed by atoms with Crippen molar-refractivity contribution in [1.82, 2.24) is 9.80 Å². The Morgan fingerprint density at radius 1 is 1.09 bits per heavy atom. The van der Waals surface area contributed by atoms with Crippen molar-refractivity contribution in [3.8, 4) is 0 Å². The van der Waals surface area contributed by atoms with Crippen LogP contribution < -0.4 is 4.90 Å². The molecule has 3 aliphatic rings. The van der Waals surface area contributed by atoms with Gasteiger partial charge >= 0.3 is 0 Å². The number of amides is 2. The Balaban J connectivity index is 1.61. The Labute approximate surface area is 206 Å². The van der Waals surface area contributed by atoms with Crippen LogP contribution in [0.3, 0.4) is 0 Å². The van der Waals surface area contributed by atoms with Crippen molar-refractivity contribution < 1.29 is 18.4 Å². The number of aryl methyl sites for hydroxylation is 1. The summed E-state index contributed by atoms with van der Waals surface area (Å²) in [7, 11) is 3.69. The van der Waals surface area contributed by atoms with Gasteiger partial charge in [0, 0.05) is 24.8 Å². The average molecular weight is 494 g/mol. The first kappa shape index (κ1) is 21.6. The van der Waals surface area contributed by atoms with Crippen molar-refractivity contribution >= 4 is 45.8 Å². The molecule has 0 unspecified atom stereocenters. The molecule has 0 saturated carbocycles. The number of carbonyl (C=O) groups excluding carboxylic acids is 2. The van der Waals surface area contributed by atoms with Crippen LogP contribution in [-0.4, -0.2) is 51.3 Å². The highest BCUT2D eigenvalue weighted by Crippen LogP contribution is 2.66. The summed E-state index contributed by atoms with van der Waals surface area (Å²) in [6.45, 7) is 2.69. The van der Waals surface area contributed by atoms with Crippen LogP contribution in [0, 0.1) is 6.92 Å². The van der Waals surface area contributed by atoms with E-state index in [1.54, 1.807) is 35.4 Å². The maximum atomic E-state index is 14.6. The van der Waals surface area contributed by atoms with Crippen molar-refractivity contribution in [2.24, 2.45) is 0 Å². The van der Waals surface area contributed by atoms with Crippen molar-refractivity contribution in [3.05, 3.63) is 77.6 Å². The molecule has 5 heterocycles. The van der Waals surface area contributed by atoms with E-state index < -0.39 is 10.3 Å². The minimum atomic E-state index is -1.23. The zero-order chi connectivity index (χ0) is 23.8. The van der Waals surface area contributed by atoms with Gasteiger partial charge in [0.1, 0.15) is 20.6 Å². The predicted octanol–water partition coefficient (Wildman–Crippen LogP) is 3.88. The first-order valence-electron chi connectivity index (χ1n) is 11.0. The highest BCUT2D eigenvalue weighted by molar-refractivity contribution is 8.25. The maximum Gasteiger partial charge on any atom is 0.254 e. The minimum absolute atomic E-state index is 0.131. The fourth-order valence-electron chi connectivity index (χ4n) is 5.95. The zero-order valence-corrected chi connectivity index (χ0v) is 20.6. The van der Waals surface area contributed by atoms with Gasteiger partial charge in [-0.1, -0.05) is 41.7 Å². The van der Waals surface area contributed by atoms with Crippen LogP contribution in [0.1, 0.15) is 28.6 Å². The molecule has 2 fully saturated rings. The highest BCUT2D eigenvalue weighted by atomic mass is 32.2. The van der Waals surface area contributed by atoms with Crippen LogP contribution in [-0.2, 0) is 21.7 Å². The summed E-state index contributed by atoms with van der Waals surface area (Å²) < 4.78 is 10.6. The number of nitrogens with zero attached hydrogens (tertiary/aromatic N) is 3. The number of likely N-dealkylation sites (N-methyl/N-ethyl adjacent to an activating group) is 2. The fourth-order valence-corrected chi connectivity index (χ4v) is 8.05. The van der Waals surface area contributed by atoms with E-state index in [2.05, 4.69) is 0 Å². The van der Waals surface area contributed by atoms with E-state index in [0.29, 0.717) is 22.4 Å². The second-order valence-corrected chi connectivity index (χ2v) is 11.0. The van der Waals surface area contributed by atoms with Gasteiger partial charge in [-0.25, -0.2) is 0 Å². The number of hydrogen-bond donors (Lipinski definition) is 0. The van der Waals surface area contributed by atoms with Crippen LogP contribution in [0.5, 0.6) is 0 Å². The molecule has 0 bridgehead atoms. The summed E-state index contributed by atoms with van der Waals surface area (Å²) in [5, 5.41) is 0. The Morgan fingerprint density at radius 2 is 1.85 bits per heavy atom. The van der Waals surface area contributed by atoms with Crippen molar-refractivity contribution in [2.75, 3.05) is 25.5 Å². The van der Waals surface area contributed by atoms with Gasteiger partial charge in [-0.3, -0.25) is 19.4 Å². The average Bonchev–Trinajstić information content (AvgIpc) is 3.61. The molecule has 2 saturated heterocycles. The van der Waals surface area contributed by atoms with E-state index >= 15 is 0 Å². The van der Waals surface area contributed by atoms with Gasteiger partial charge < -0.3 is 13.7 Å². The lowest BCUT2D eigenvalue weighted by molar-refractivity contribution is -0.139. The number of thioether (sulfide) groups is 1. The van der Waals surface area contributed by atoms with E-state index in [9.17, 15) is 9.59 Å². The molecule has 0 radical (unpaired) electrons. The number of rotatable bonds is 3. The molecule has 6 rings (SSSR count). The molecule has 3 aromatic rings. The van der Waals surface area contributed by atoms with E-state index in [4.69, 9.17) is 21.1 Å². The first-order valence-corrected chi connectivity index (χ1v) is 12.3. The molecule has 2 aromatic heterocycles. The monoisotopic (exact) mass is 493 g/mol. The SMILES string of the molecule is Cc1ccc2c(c1)[C@]1(C(=O)N2C)N(C)C[C@@H](c2ccco2)[C@]12SC(=S)N(Cc1ccco1)C2=O. The molecule has 7 nitrogen and oxygen atoms in total. The summed E-state index contributed by atoms with van der Waals surface area (Å²) in [6.07, 6.45) is 3.19. The van der Waals surface area contributed by atoms with Gasteiger partial charge in [0.2, 0.25) is 5.91 Å². The third-order valence-corrected chi connectivity index (χ3v) is 9.33. The molecule has 1 aromatic carbocycles. The number of anilines is 1. The Morgan fingerprint density at radius 3 is 2.56 bits per heavy atom. The number of carbonyl (C=O) groups is 2. The molecule has 0 aliphatic carbocycles. The third kappa shape index (κ3) is 2.49. The smallest absolute Gasteiger partial charge is 0.254 e. The lowest BCUT2D eigenvalue weighted by Crippen LogP contribution is -2.62. The van der Waals surface area contributed by atoms with Crippen LogP contribution >= 0.6 is 24.0 Å². The molecule has 174 valence electrons. The third-order valence-electron chi connectivity index (χ3n) is 7.39. The second-order valence-electron chi connectivity index (χ2n) is 9.12. The Hall–Kier alpha value is -2.88. The van der Waals surface area contributed by atoms with Crippen molar-refractivity contribution in [3.63, 3.8) is 0 Å². The van der Waals surface area contributed by atoms with Crippen LogP contribution in [0.15, 0.2) is 63.8 Å².